The molecule has 8 aromatic rings. The molecule has 0 saturated heterocycles. The highest BCUT2D eigenvalue weighted by Crippen LogP contribution is 2.19. The Kier molecular flexibility index (Phi) is 32.6. The molecule has 0 spiro atoms. The fourth-order valence-corrected chi connectivity index (χ4v) is 7.76. The number of hydrogen-bond acceptors (Lipinski definition) is 3. The van der Waals surface area contributed by atoms with Gasteiger partial charge in [-0.3, -0.25) is 15.6 Å². The fraction of sp³-hybridized carbons (Fsp3) is 0.182. The number of aliphatic imine (C=N–C) groups is 2. The van der Waals surface area contributed by atoms with Crippen LogP contribution in [0.5, 0.6) is 0 Å². The standard InChI is InChI=1S/2C21H22N2.C21H20N2.3CH4.2ClH.H3N.H2O/c3*1-16-3-5-17(6-4-16)15-18-7-9-20(10-8-18)23-21-13-11-19(22-2)12-14-21;;;;;;;/h2*3-14,22-23H,15H2,1-2H3;3-14H,15H2,1-2H3;3*1H4;2*1H;1H3;1H2/p+2. The molecule has 1 aliphatic carbocycles. The van der Waals surface area contributed by atoms with Crippen molar-refractivity contribution in [3.63, 3.8) is 0 Å². The van der Waals surface area contributed by atoms with Crippen LogP contribution in [0.3, 0.4) is 0 Å². The molecule has 10 heteroatoms. The van der Waals surface area contributed by atoms with E-state index in [0.29, 0.717) is 0 Å². The highest BCUT2D eigenvalue weighted by atomic mass is 35.5. The summed E-state index contributed by atoms with van der Waals surface area (Å²) < 4.78 is 0. The number of quaternary nitrogens is 4. The van der Waals surface area contributed by atoms with E-state index >= 15 is 0 Å². The van der Waals surface area contributed by atoms with Crippen molar-refractivity contribution in [2.75, 3.05) is 21.1 Å². The first-order valence-corrected chi connectivity index (χ1v) is 24.0. The fourth-order valence-electron chi connectivity index (χ4n) is 7.76. The molecule has 0 bridgehead atoms. The van der Waals surface area contributed by atoms with Crippen LogP contribution in [-0.2, 0) is 19.3 Å². The summed E-state index contributed by atoms with van der Waals surface area (Å²) in [6.45, 7) is 6.36. The van der Waals surface area contributed by atoms with Crippen molar-refractivity contribution in [1.29, 1.82) is 0 Å². The van der Waals surface area contributed by atoms with Crippen LogP contribution in [-0.4, -0.2) is 38.0 Å². The normalized spacial score (nSPS) is 10.5. The first-order valence-electron chi connectivity index (χ1n) is 24.0. The maximum absolute atomic E-state index is 4.63. The van der Waals surface area contributed by atoms with Crippen LogP contribution in [0.1, 0.15) is 72.4 Å². The molecule has 0 atom stereocenters. The lowest BCUT2D eigenvalue weighted by Gasteiger charge is -2.05. The molecule has 8 aromatic carbocycles. The lowest BCUT2D eigenvalue weighted by atomic mass is 10.0. The third-order valence-corrected chi connectivity index (χ3v) is 12.1. The Morgan fingerprint density at radius 2 is 0.553 bits per heavy atom. The van der Waals surface area contributed by atoms with Crippen molar-refractivity contribution >= 4 is 51.2 Å². The number of nitrogens with zero attached hydrogens (tertiary/aromatic N) is 2. The summed E-state index contributed by atoms with van der Waals surface area (Å²) in [5.74, 6) is 0. The quantitative estimate of drug-likeness (QED) is 0.0700. The molecule has 13 N–H and O–H groups in total. The Bertz CT molecular complexity index is 2800. The summed E-state index contributed by atoms with van der Waals surface area (Å²) in [5, 5.41) is 8.66. The second kappa shape index (κ2) is 36.0. The minimum Gasteiger partial charge on any atom is -1.00 e. The van der Waals surface area contributed by atoms with Gasteiger partial charge in [-0.15, -0.1) is 0 Å². The molecule has 0 unspecified atom stereocenters. The number of rotatable bonds is 13. The summed E-state index contributed by atoms with van der Waals surface area (Å²) in [4.78, 5) is 8.77. The van der Waals surface area contributed by atoms with Gasteiger partial charge in [0.2, 0.25) is 0 Å². The van der Waals surface area contributed by atoms with Crippen LogP contribution in [0.15, 0.2) is 228 Å². The minimum atomic E-state index is 0. The maximum Gasteiger partial charge on any atom is 0.135 e. The third kappa shape index (κ3) is 22.8. The average Bonchev–Trinajstić information content (AvgIpc) is 3.39. The van der Waals surface area contributed by atoms with Crippen LogP contribution < -0.4 is 52.2 Å². The molecule has 76 heavy (non-hydrogen) atoms. The Morgan fingerprint density at radius 1 is 0.329 bits per heavy atom. The van der Waals surface area contributed by atoms with Gasteiger partial charge in [0.1, 0.15) is 34.1 Å². The molecule has 0 heterocycles. The second-order valence-corrected chi connectivity index (χ2v) is 17.7. The first-order chi connectivity index (χ1) is 33.7. The predicted molar refractivity (Wildman–Crippen MR) is 319 cm³/mol. The average molecular weight is 1060 g/mol. The molecule has 8 nitrogen and oxygen atoms in total. The number of aryl methyl sites for hydroxylation is 3. The zero-order valence-electron chi connectivity index (χ0n) is 43.1. The molecule has 0 fully saturated rings. The molecule has 402 valence electrons. The molecule has 0 aliphatic heterocycles. The first kappa shape index (κ1) is 68.9. The van der Waals surface area contributed by atoms with E-state index in [1.165, 1.54) is 84.2 Å². The second-order valence-electron chi connectivity index (χ2n) is 17.7. The number of halogens is 2. The van der Waals surface area contributed by atoms with E-state index in [2.05, 4.69) is 260 Å². The van der Waals surface area contributed by atoms with Crippen LogP contribution in [0.2, 0.25) is 0 Å². The number of hydrogen-bond donors (Lipinski definition) is 5. The lowest BCUT2D eigenvalue weighted by molar-refractivity contribution is -0.539. The zero-order valence-corrected chi connectivity index (χ0v) is 44.6. The van der Waals surface area contributed by atoms with E-state index in [4.69, 9.17) is 0 Å². The molecule has 0 saturated carbocycles. The smallest absolute Gasteiger partial charge is 0.135 e. The van der Waals surface area contributed by atoms with Crippen molar-refractivity contribution in [2.24, 2.45) is 9.98 Å². The van der Waals surface area contributed by atoms with E-state index in [1.54, 1.807) is 7.05 Å². The van der Waals surface area contributed by atoms with E-state index in [9.17, 15) is 0 Å². The van der Waals surface area contributed by atoms with Gasteiger partial charge in [0, 0.05) is 55.6 Å². The van der Waals surface area contributed by atoms with Crippen molar-refractivity contribution in [1.82, 2.24) is 6.15 Å². The molecule has 1 aliphatic rings. The number of allylic oxidation sites excluding steroid dienone is 4. The Balaban J connectivity index is 0.00000106. The van der Waals surface area contributed by atoms with Crippen LogP contribution in [0, 0.1) is 20.8 Å². The summed E-state index contributed by atoms with van der Waals surface area (Å²) >= 11 is 0. The van der Waals surface area contributed by atoms with Gasteiger partial charge in [-0.25, -0.2) is 4.99 Å². The summed E-state index contributed by atoms with van der Waals surface area (Å²) in [5.41, 5.74) is 22.3. The Morgan fingerprint density at radius 3 is 0.816 bits per heavy atom. The molecule has 0 radical (unpaired) electrons. The van der Waals surface area contributed by atoms with E-state index < -0.39 is 0 Å². The zero-order chi connectivity index (χ0) is 48.2. The molecular formula is C66H85Cl2N7O+2. The van der Waals surface area contributed by atoms with Gasteiger partial charge >= 0.3 is 0 Å². The van der Waals surface area contributed by atoms with Crippen molar-refractivity contribution in [3.05, 3.63) is 268 Å². The molecule has 9 rings (SSSR count). The van der Waals surface area contributed by atoms with E-state index in [0.717, 1.165) is 36.4 Å². The van der Waals surface area contributed by atoms with Crippen molar-refractivity contribution in [2.45, 2.75) is 62.3 Å². The van der Waals surface area contributed by atoms with Gasteiger partial charge in [0.15, 0.2) is 0 Å². The van der Waals surface area contributed by atoms with Gasteiger partial charge < -0.3 is 47.1 Å². The van der Waals surface area contributed by atoms with Crippen molar-refractivity contribution < 1.29 is 51.6 Å². The predicted octanol–water partition coefficient (Wildman–Crippen LogP) is 5.98. The number of benzene rings is 8. The molecule has 0 amide bonds. The van der Waals surface area contributed by atoms with Gasteiger partial charge in [0.05, 0.1) is 31.2 Å². The van der Waals surface area contributed by atoms with Gasteiger partial charge in [-0.05, 0) is 134 Å². The highest BCUT2D eigenvalue weighted by Gasteiger charge is 2.06. The Labute approximate surface area is 468 Å². The maximum atomic E-state index is 4.63. The summed E-state index contributed by atoms with van der Waals surface area (Å²) in [6.07, 6.45) is 10.9. The van der Waals surface area contributed by atoms with Crippen molar-refractivity contribution in [3.8, 4) is 0 Å². The van der Waals surface area contributed by atoms with Gasteiger partial charge in [-0.1, -0.05) is 148 Å². The van der Waals surface area contributed by atoms with Crippen LogP contribution in [0.4, 0.5) is 39.8 Å². The SMILES string of the molecule is C.C.C.CN=C1C=CC(=Nc2ccc(Cc3ccc(C)cc3)cc2)C=C1.C[NH2+]c1ccc([NH2+]c2ccc(Cc3ccc(C)cc3)cc2)cc1.C[NH2+]c1ccc([NH2+]c2ccc(Cc3ccc(C)cc3)cc2)cc1.N.O.[Cl-].[Cl-]. The summed E-state index contributed by atoms with van der Waals surface area (Å²) in [7, 11) is 5.91. The largest absolute Gasteiger partial charge is 1.00 e. The van der Waals surface area contributed by atoms with Gasteiger partial charge in [0.25, 0.3) is 0 Å². The molecular weight excluding hydrogens is 978 g/mol. The highest BCUT2D eigenvalue weighted by molar-refractivity contribution is 6.18. The molecule has 0 aromatic heterocycles. The van der Waals surface area contributed by atoms with Crippen LogP contribution in [0.25, 0.3) is 0 Å². The topological polar surface area (TPSA) is 158 Å². The van der Waals surface area contributed by atoms with Gasteiger partial charge in [-0.2, -0.15) is 0 Å². The van der Waals surface area contributed by atoms with E-state index in [-0.39, 0.29) is 58.7 Å². The lowest BCUT2D eigenvalue weighted by Crippen LogP contribution is -3.00. The van der Waals surface area contributed by atoms with E-state index in [1.807, 2.05) is 24.3 Å². The third-order valence-electron chi connectivity index (χ3n) is 12.1. The monoisotopic (exact) mass is 1060 g/mol. The number of nitrogens with two attached hydrogens (primary N) is 4. The Hall–Kier alpha value is -7.08. The van der Waals surface area contributed by atoms with Crippen LogP contribution >= 0.6 is 0 Å². The minimum absolute atomic E-state index is 0. The summed E-state index contributed by atoms with van der Waals surface area (Å²) in [6, 6.07) is 69.6.